The van der Waals surface area contributed by atoms with Gasteiger partial charge in [0.25, 0.3) is 12.4 Å². The van der Waals surface area contributed by atoms with Crippen molar-refractivity contribution < 1.29 is 33.8 Å². The summed E-state index contributed by atoms with van der Waals surface area (Å²) in [6.45, 7) is 16.7. The van der Waals surface area contributed by atoms with Crippen LogP contribution in [0.2, 0.25) is 0 Å². The van der Waals surface area contributed by atoms with Gasteiger partial charge in [0.15, 0.2) is 0 Å². The maximum absolute atomic E-state index is 14.4. The second-order valence-corrected chi connectivity index (χ2v) is 18.6. The van der Waals surface area contributed by atoms with Gasteiger partial charge in [-0.3, -0.25) is 29.2 Å². The number of nitrogens with zero attached hydrogens (tertiary/aromatic N) is 5. The summed E-state index contributed by atoms with van der Waals surface area (Å²) in [5.74, 6) is -1.16. The average Bonchev–Trinajstić information content (AvgIpc) is 3.89. The number of nitrogens with one attached hydrogen (secondary N) is 2. The van der Waals surface area contributed by atoms with Gasteiger partial charge in [-0.1, -0.05) is 58.0 Å². The summed E-state index contributed by atoms with van der Waals surface area (Å²) < 4.78 is 13.5. The number of ether oxygens (including phenoxy) is 2. The molecule has 2 saturated heterocycles. The number of carbonyl (C=O) groups is 4. The van der Waals surface area contributed by atoms with Crippen LogP contribution < -0.4 is 10.7 Å². The molecule has 4 heterocycles. The van der Waals surface area contributed by atoms with Crippen LogP contribution in [-0.4, -0.2) is 126 Å². The minimum atomic E-state index is -0.890. The van der Waals surface area contributed by atoms with E-state index in [0.29, 0.717) is 52.0 Å². The molecule has 64 heavy (non-hydrogen) atoms. The molecule has 2 aromatic heterocycles. The van der Waals surface area contributed by atoms with Crippen molar-refractivity contribution >= 4 is 35.1 Å². The van der Waals surface area contributed by atoms with Crippen molar-refractivity contribution in [1.29, 1.82) is 0 Å². The molecule has 0 spiro atoms. The summed E-state index contributed by atoms with van der Waals surface area (Å²) in [5, 5.41) is 15.3. The Hall–Kier alpha value is -5.15. The van der Waals surface area contributed by atoms with E-state index in [2.05, 4.69) is 77.4 Å². The molecule has 4 atom stereocenters. The molecule has 2 aliphatic rings. The number of aliphatic hydroxyl groups excluding tert-OH is 1. The molecule has 4 unspecified atom stereocenters. The van der Waals surface area contributed by atoms with Crippen molar-refractivity contribution in [2.75, 3.05) is 60.1 Å². The molecule has 2 aliphatic heterocycles. The summed E-state index contributed by atoms with van der Waals surface area (Å²) >= 11 is 0. The third-order valence-electron chi connectivity index (χ3n) is 12.9. The Bertz CT molecular complexity index is 2250. The molecular weight excluding hydrogens is 811 g/mol. The Morgan fingerprint density at radius 3 is 2.53 bits per heavy atom. The summed E-state index contributed by atoms with van der Waals surface area (Å²) in [7, 11) is 3.37. The average molecular weight is 880 g/mol. The number of hydrogen-bond acceptors (Lipinski definition) is 10. The quantitative estimate of drug-likeness (QED) is 0.0929. The molecule has 346 valence electrons. The van der Waals surface area contributed by atoms with E-state index < -0.39 is 17.5 Å². The number of pyridine rings is 1. The standard InChI is InChI=1S/C50H69N7O7/c1-9-56-43-18-17-37(28-40(43)41(29-50(5,6)31-64-32-59)46(56)39-16-13-20-51-44(39)34(4)63-8)36-15-12-14-35(26-36)27-42(49(62)57-22-11-10-21-52-57)53-47(60)45(33(2)3)54(7)48(61)38-19-23-55(30-38)24-25-58/h12-18,20,26,28,32-34,38,42,45,52,58H,9-11,19,21-25,27,29-31H2,1-8H3,(H,53,60). The van der Waals surface area contributed by atoms with Crippen molar-refractivity contribution in [1.82, 2.24) is 35.1 Å². The molecule has 0 saturated carbocycles. The summed E-state index contributed by atoms with van der Waals surface area (Å²) in [4.78, 5) is 62.2. The molecule has 0 aliphatic carbocycles. The Morgan fingerprint density at radius 2 is 1.84 bits per heavy atom. The molecular formula is C50H69N7O7. The molecule has 0 radical (unpaired) electrons. The number of aliphatic hydroxyl groups is 1. The van der Waals surface area contributed by atoms with Gasteiger partial charge in [0.2, 0.25) is 11.8 Å². The van der Waals surface area contributed by atoms with Crippen LogP contribution in [0.5, 0.6) is 0 Å². The first-order chi connectivity index (χ1) is 30.7. The normalized spacial score (nSPS) is 17.3. The number of β-amino-alcohol motifs (C(OH)–C–C–N with tert-alkyl or cyclic N) is 1. The molecule has 3 N–H and O–H groups in total. The number of carbonyl (C=O) groups excluding carboxylic acids is 4. The van der Waals surface area contributed by atoms with Gasteiger partial charge in [-0.25, -0.2) is 5.43 Å². The highest BCUT2D eigenvalue weighted by Gasteiger charge is 2.38. The number of hydrazine groups is 1. The lowest BCUT2D eigenvalue weighted by Gasteiger charge is -2.35. The third kappa shape index (κ3) is 11.0. The SMILES string of the molecule is CCn1c(-c2cccnc2C(C)OC)c(CC(C)(C)COC=O)c2cc(-c3cccc(CC(NC(=O)C(C(C)C)N(C)C(=O)C4CCN(CCO)C4)C(=O)N4CCCCN4)c3)ccc21. The number of likely N-dealkylation sites (N-methyl/N-ethyl adjacent to an activating group) is 1. The zero-order valence-electron chi connectivity index (χ0n) is 39.1. The fourth-order valence-electron chi connectivity index (χ4n) is 9.63. The number of hydrogen-bond donors (Lipinski definition) is 3. The maximum Gasteiger partial charge on any atom is 0.293 e. The smallest absolute Gasteiger partial charge is 0.293 e. The van der Waals surface area contributed by atoms with E-state index in [1.165, 1.54) is 0 Å². The summed E-state index contributed by atoms with van der Waals surface area (Å²) in [5.41, 5.74) is 10.7. The van der Waals surface area contributed by atoms with Crippen LogP contribution in [-0.2, 0) is 48.0 Å². The topological polar surface area (TPSA) is 159 Å². The second kappa shape index (κ2) is 21.7. The number of methoxy groups -OCH3 is 1. The predicted molar refractivity (Wildman–Crippen MR) is 249 cm³/mol. The number of likely N-dealkylation sites (tertiary alicyclic amines) is 1. The third-order valence-corrected chi connectivity index (χ3v) is 12.9. The Morgan fingerprint density at radius 1 is 1.06 bits per heavy atom. The minimum absolute atomic E-state index is 0.0315. The fraction of sp³-hybridized carbons (Fsp3) is 0.540. The van der Waals surface area contributed by atoms with Crippen molar-refractivity contribution in [3.05, 3.63) is 77.6 Å². The molecule has 0 bridgehead atoms. The molecule has 14 heteroatoms. The van der Waals surface area contributed by atoms with Gasteiger partial charge in [-0.2, -0.15) is 0 Å². The van der Waals surface area contributed by atoms with Crippen LogP contribution in [0.3, 0.4) is 0 Å². The molecule has 4 aromatic rings. The lowest BCUT2D eigenvalue weighted by molar-refractivity contribution is -0.145. The number of amides is 3. The lowest BCUT2D eigenvalue weighted by Crippen LogP contribution is -2.59. The van der Waals surface area contributed by atoms with E-state index in [9.17, 15) is 24.3 Å². The van der Waals surface area contributed by atoms with Crippen LogP contribution in [0.15, 0.2) is 60.8 Å². The summed E-state index contributed by atoms with van der Waals surface area (Å²) in [6, 6.07) is 17.0. The van der Waals surface area contributed by atoms with E-state index in [4.69, 9.17) is 14.5 Å². The van der Waals surface area contributed by atoms with E-state index in [1.54, 1.807) is 30.3 Å². The number of fused-ring (bicyclic) bond motifs is 1. The van der Waals surface area contributed by atoms with Crippen molar-refractivity contribution in [3.63, 3.8) is 0 Å². The lowest BCUT2D eigenvalue weighted by atomic mass is 9.84. The number of rotatable bonds is 20. The van der Waals surface area contributed by atoms with Gasteiger partial charge in [-0.05, 0) is 98.5 Å². The van der Waals surface area contributed by atoms with Gasteiger partial charge in [0.1, 0.15) is 12.1 Å². The molecule has 3 amide bonds. The van der Waals surface area contributed by atoms with E-state index in [0.717, 1.165) is 69.5 Å². The fourth-order valence-corrected chi connectivity index (χ4v) is 9.63. The van der Waals surface area contributed by atoms with Crippen LogP contribution in [0, 0.1) is 17.3 Å². The summed E-state index contributed by atoms with van der Waals surface area (Å²) in [6.07, 6.45) is 4.89. The van der Waals surface area contributed by atoms with Crippen molar-refractivity contribution in [2.24, 2.45) is 17.3 Å². The maximum atomic E-state index is 14.4. The Labute approximate surface area is 378 Å². The monoisotopic (exact) mass is 880 g/mol. The molecule has 2 fully saturated rings. The highest BCUT2D eigenvalue weighted by molar-refractivity contribution is 5.96. The number of aryl methyl sites for hydroxylation is 1. The van der Waals surface area contributed by atoms with Gasteiger partial charge in [0.05, 0.1) is 36.6 Å². The first-order valence-corrected chi connectivity index (χ1v) is 22.9. The van der Waals surface area contributed by atoms with Crippen LogP contribution >= 0.6 is 0 Å². The van der Waals surface area contributed by atoms with E-state index in [-0.39, 0.29) is 55.3 Å². The zero-order chi connectivity index (χ0) is 46.1. The van der Waals surface area contributed by atoms with Crippen LogP contribution in [0.25, 0.3) is 33.3 Å². The predicted octanol–water partition coefficient (Wildman–Crippen LogP) is 5.79. The molecule has 6 rings (SSSR count). The number of aromatic nitrogens is 2. The van der Waals surface area contributed by atoms with Crippen LogP contribution in [0.4, 0.5) is 0 Å². The van der Waals surface area contributed by atoms with Gasteiger partial charge in [0, 0.05) is 81.4 Å². The highest BCUT2D eigenvalue weighted by atomic mass is 16.5. The second-order valence-electron chi connectivity index (χ2n) is 18.6. The molecule has 14 nitrogen and oxygen atoms in total. The van der Waals surface area contributed by atoms with Crippen molar-refractivity contribution in [2.45, 2.75) is 98.4 Å². The van der Waals surface area contributed by atoms with E-state index in [1.807, 2.05) is 39.0 Å². The van der Waals surface area contributed by atoms with Gasteiger partial charge >= 0.3 is 0 Å². The first-order valence-electron chi connectivity index (χ1n) is 22.9. The Balaban J connectivity index is 1.35. The van der Waals surface area contributed by atoms with Crippen LogP contribution in [0.1, 0.15) is 83.7 Å². The zero-order valence-corrected chi connectivity index (χ0v) is 39.1. The molecule has 2 aromatic carbocycles. The van der Waals surface area contributed by atoms with Gasteiger partial charge < -0.3 is 34.3 Å². The number of benzene rings is 2. The largest absolute Gasteiger partial charge is 0.467 e. The van der Waals surface area contributed by atoms with Crippen molar-refractivity contribution in [3.8, 4) is 22.4 Å². The highest BCUT2D eigenvalue weighted by Crippen LogP contribution is 2.42. The first kappa shape index (κ1) is 48.3. The van der Waals surface area contributed by atoms with E-state index >= 15 is 0 Å². The van der Waals surface area contributed by atoms with Gasteiger partial charge in [-0.15, -0.1) is 0 Å². The minimum Gasteiger partial charge on any atom is -0.467 e. The Kier molecular flexibility index (Phi) is 16.4.